The van der Waals surface area contributed by atoms with Gasteiger partial charge in [-0.3, -0.25) is 37.3 Å². The summed E-state index contributed by atoms with van der Waals surface area (Å²) in [6.07, 6.45) is 58.3. The number of unbranched alkanes of at least 4 members (excludes halogenated alkanes) is 45. The quantitative estimate of drug-likeness (QED) is 0.0222. The van der Waals surface area contributed by atoms with Gasteiger partial charge in [0, 0.05) is 25.7 Å². The summed E-state index contributed by atoms with van der Waals surface area (Å²) in [6, 6.07) is 0. The van der Waals surface area contributed by atoms with Crippen LogP contribution in [0.1, 0.15) is 408 Å². The van der Waals surface area contributed by atoms with Gasteiger partial charge in [-0.15, -0.1) is 0 Å². The molecule has 0 aliphatic carbocycles. The number of phosphoric acid groups is 2. The molecule has 0 amide bonds. The van der Waals surface area contributed by atoms with E-state index in [9.17, 15) is 43.2 Å². The minimum absolute atomic E-state index is 0.104. The Hall–Kier alpha value is -1.94. The van der Waals surface area contributed by atoms with Gasteiger partial charge < -0.3 is 33.8 Å². The van der Waals surface area contributed by atoms with E-state index in [1.165, 1.54) is 218 Å². The summed E-state index contributed by atoms with van der Waals surface area (Å²) in [5.41, 5.74) is 0. The number of aliphatic hydroxyl groups excluding tert-OH is 1. The van der Waals surface area contributed by atoms with Gasteiger partial charge in [0.15, 0.2) is 12.2 Å². The van der Waals surface area contributed by atoms with Gasteiger partial charge in [-0.2, -0.15) is 0 Å². The molecule has 0 heterocycles. The van der Waals surface area contributed by atoms with Crippen molar-refractivity contribution < 1.29 is 80.2 Å². The highest BCUT2D eigenvalue weighted by molar-refractivity contribution is 7.47. The number of carbonyl (C=O) groups excluding carboxylic acids is 4. The predicted octanol–water partition coefficient (Wildman–Crippen LogP) is 23.1. The zero-order valence-corrected chi connectivity index (χ0v) is 65.2. The van der Waals surface area contributed by atoms with Crippen LogP contribution in [0, 0.1) is 11.8 Å². The topological polar surface area (TPSA) is 237 Å². The van der Waals surface area contributed by atoms with Crippen LogP contribution in [0.25, 0.3) is 0 Å². The first kappa shape index (κ1) is 95.1. The standard InChI is InChI=1S/C78H152O17P2/c1-7-11-13-15-17-19-21-23-25-26-27-28-29-31-33-35-37-42-50-56-62-77(82)94-73(66-88-75(80)60-54-48-41-36-34-32-30-24-22-20-18-16-14-12-8-2)68-92-96(84,85)90-64-72(79)65-91-97(86,87)93-69-74(67-89-76(81)61-55-49-45-44-47-53-59-71(6)10-4)95-78(83)63-57-51-43-39-38-40-46-52-58-70(5)9-3/h70-74,79H,7-69H2,1-6H3,(H,84,85)(H,86,87)/t70?,71?,72-,73-,74-/m1/s1. The van der Waals surface area contributed by atoms with E-state index in [0.29, 0.717) is 25.7 Å². The maximum absolute atomic E-state index is 13.1. The van der Waals surface area contributed by atoms with Crippen molar-refractivity contribution in [1.29, 1.82) is 0 Å². The second kappa shape index (κ2) is 69.8. The van der Waals surface area contributed by atoms with Crippen LogP contribution in [0.5, 0.6) is 0 Å². The first-order valence-electron chi connectivity index (χ1n) is 40.6. The predicted molar refractivity (Wildman–Crippen MR) is 395 cm³/mol. The smallest absolute Gasteiger partial charge is 0.462 e. The Morgan fingerprint density at radius 3 is 0.732 bits per heavy atom. The average Bonchev–Trinajstić information content (AvgIpc) is 1.77. The van der Waals surface area contributed by atoms with Gasteiger partial charge in [0.25, 0.3) is 0 Å². The molecule has 576 valence electrons. The zero-order valence-electron chi connectivity index (χ0n) is 63.4. The van der Waals surface area contributed by atoms with Gasteiger partial charge in [-0.05, 0) is 37.5 Å². The number of carbonyl (C=O) groups is 4. The van der Waals surface area contributed by atoms with E-state index in [0.717, 1.165) is 108 Å². The molecule has 7 atom stereocenters. The highest BCUT2D eigenvalue weighted by Gasteiger charge is 2.30. The van der Waals surface area contributed by atoms with Crippen LogP contribution >= 0.6 is 15.6 Å². The zero-order chi connectivity index (χ0) is 71.4. The Balaban J connectivity index is 5.23. The lowest BCUT2D eigenvalue weighted by molar-refractivity contribution is -0.161. The van der Waals surface area contributed by atoms with Gasteiger partial charge in [0.1, 0.15) is 19.3 Å². The van der Waals surface area contributed by atoms with E-state index in [4.69, 9.17) is 37.0 Å². The fraction of sp³-hybridized carbons (Fsp3) is 0.949. The largest absolute Gasteiger partial charge is 0.472 e. The normalized spacial score (nSPS) is 14.5. The Morgan fingerprint density at radius 1 is 0.289 bits per heavy atom. The van der Waals surface area contributed by atoms with E-state index in [-0.39, 0.29) is 25.7 Å². The molecule has 0 aliphatic heterocycles. The molecule has 0 saturated carbocycles. The van der Waals surface area contributed by atoms with E-state index in [1.54, 1.807) is 0 Å². The minimum atomic E-state index is -4.96. The van der Waals surface area contributed by atoms with Crippen molar-refractivity contribution in [2.24, 2.45) is 11.8 Å². The molecule has 3 N–H and O–H groups in total. The van der Waals surface area contributed by atoms with Crippen LogP contribution in [0.2, 0.25) is 0 Å². The number of phosphoric ester groups is 2. The first-order valence-corrected chi connectivity index (χ1v) is 43.6. The number of esters is 4. The minimum Gasteiger partial charge on any atom is -0.462 e. The summed E-state index contributed by atoms with van der Waals surface area (Å²) in [5, 5.41) is 10.6. The van der Waals surface area contributed by atoms with Crippen molar-refractivity contribution in [3.8, 4) is 0 Å². The van der Waals surface area contributed by atoms with Crippen LogP contribution < -0.4 is 0 Å². The molecule has 19 heteroatoms. The fourth-order valence-electron chi connectivity index (χ4n) is 11.9. The summed E-state index contributed by atoms with van der Waals surface area (Å²) in [5.74, 6) is -0.615. The van der Waals surface area contributed by atoms with Crippen LogP contribution in [-0.2, 0) is 65.4 Å². The van der Waals surface area contributed by atoms with Crippen LogP contribution in [0.3, 0.4) is 0 Å². The fourth-order valence-corrected chi connectivity index (χ4v) is 13.5. The van der Waals surface area contributed by atoms with Gasteiger partial charge in [-0.25, -0.2) is 9.13 Å². The van der Waals surface area contributed by atoms with Crippen molar-refractivity contribution in [3.05, 3.63) is 0 Å². The SMILES string of the molecule is CCCCCCCCCCCCCCCCCCCCCCC(=O)O[C@H](COC(=O)CCCCCCCCCCCCCCCCC)COP(=O)(O)OC[C@@H](O)COP(=O)(O)OC[C@@H](COC(=O)CCCCCCCCC(C)CC)OC(=O)CCCCCCCCCCC(C)CC. The molecule has 97 heavy (non-hydrogen) atoms. The highest BCUT2D eigenvalue weighted by Crippen LogP contribution is 2.45. The summed E-state index contributed by atoms with van der Waals surface area (Å²) in [7, 11) is -9.91. The highest BCUT2D eigenvalue weighted by atomic mass is 31.2. The van der Waals surface area contributed by atoms with E-state index < -0.39 is 97.5 Å². The molecule has 0 bridgehead atoms. The molecule has 0 spiro atoms. The Labute approximate surface area is 594 Å². The molecular formula is C78H152O17P2. The molecule has 0 aromatic rings. The van der Waals surface area contributed by atoms with Crippen molar-refractivity contribution >= 4 is 39.5 Å². The molecule has 0 aliphatic rings. The van der Waals surface area contributed by atoms with Crippen molar-refractivity contribution in [2.45, 2.75) is 426 Å². The van der Waals surface area contributed by atoms with E-state index in [1.807, 2.05) is 0 Å². The maximum Gasteiger partial charge on any atom is 0.472 e. The summed E-state index contributed by atoms with van der Waals surface area (Å²) >= 11 is 0. The third kappa shape index (κ3) is 69.5. The van der Waals surface area contributed by atoms with Crippen LogP contribution in [0.4, 0.5) is 0 Å². The van der Waals surface area contributed by atoms with Crippen molar-refractivity contribution in [3.63, 3.8) is 0 Å². The molecule has 0 aromatic heterocycles. The molecule has 0 radical (unpaired) electrons. The lowest BCUT2D eigenvalue weighted by Crippen LogP contribution is -2.30. The molecule has 17 nitrogen and oxygen atoms in total. The molecule has 0 saturated heterocycles. The number of rotatable bonds is 77. The first-order chi connectivity index (χ1) is 46.9. The monoisotopic (exact) mass is 1420 g/mol. The summed E-state index contributed by atoms with van der Waals surface area (Å²) in [6.45, 7) is 9.57. The molecular weight excluding hydrogens is 1270 g/mol. The number of hydrogen-bond donors (Lipinski definition) is 3. The second-order valence-corrected chi connectivity index (χ2v) is 31.5. The van der Waals surface area contributed by atoms with Gasteiger partial charge in [-0.1, -0.05) is 356 Å². The number of ether oxygens (including phenoxy) is 4. The molecule has 0 rings (SSSR count). The summed E-state index contributed by atoms with van der Waals surface area (Å²) in [4.78, 5) is 72.9. The Bertz CT molecular complexity index is 1880. The number of aliphatic hydroxyl groups is 1. The molecule has 0 aromatic carbocycles. The number of hydrogen-bond acceptors (Lipinski definition) is 15. The maximum atomic E-state index is 13.1. The van der Waals surface area contributed by atoms with E-state index in [2.05, 4.69) is 41.5 Å². The third-order valence-corrected chi connectivity index (χ3v) is 20.8. The van der Waals surface area contributed by atoms with Crippen LogP contribution in [0.15, 0.2) is 0 Å². The Morgan fingerprint density at radius 2 is 0.495 bits per heavy atom. The lowest BCUT2D eigenvalue weighted by atomic mass is 9.99. The van der Waals surface area contributed by atoms with Gasteiger partial charge in [0.2, 0.25) is 0 Å². The summed E-state index contributed by atoms with van der Waals surface area (Å²) < 4.78 is 68.6. The van der Waals surface area contributed by atoms with Crippen molar-refractivity contribution in [2.75, 3.05) is 39.6 Å². The van der Waals surface area contributed by atoms with Gasteiger partial charge >= 0.3 is 39.5 Å². The lowest BCUT2D eigenvalue weighted by Gasteiger charge is -2.21. The van der Waals surface area contributed by atoms with Crippen molar-refractivity contribution in [1.82, 2.24) is 0 Å². The second-order valence-electron chi connectivity index (χ2n) is 28.6. The van der Waals surface area contributed by atoms with E-state index >= 15 is 0 Å². The average molecular weight is 1420 g/mol. The molecule has 0 fully saturated rings. The van der Waals surface area contributed by atoms with Gasteiger partial charge in [0.05, 0.1) is 26.4 Å². The van der Waals surface area contributed by atoms with Crippen LogP contribution in [-0.4, -0.2) is 96.7 Å². The third-order valence-electron chi connectivity index (χ3n) is 18.9. The Kier molecular flexibility index (Phi) is 68.4. The molecule has 4 unspecified atom stereocenters.